The summed E-state index contributed by atoms with van der Waals surface area (Å²) in [5.74, 6) is 0.526. The zero-order valence-corrected chi connectivity index (χ0v) is 11.1. The van der Waals surface area contributed by atoms with Gasteiger partial charge in [-0.2, -0.15) is 0 Å². The van der Waals surface area contributed by atoms with Crippen LogP contribution in [-0.2, 0) is 0 Å². The number of aryl methyl sites for hydroxylation is 2. The van der Waals surface area contributed by atoms with Crippen molar-refractivity contribution in [3.05, 3.63) is 29.3 Å². The topological polar surface area (TPSA) is 53.6 Å². The van der Waals surface area contributed by atoms with Gasteiger partial charge in [0.15, 0.2) is 0 Å². The van der Waals surface area contributed by atoms with Crippen molar-refractivity contribution in [3.8, 4) is 0 Å². The molecule has 0 fully saturated rings. The molecule has 4 heteroatoms. The highest BCUT2D eigenvalue weighted by molar-refractivity contribution is 5.79. The first kappa shape index (κ1) is 13.4. The molecule has 94 valence electrons. The first-order chi connectivity index (χ1) is 8.10. The van der Waals surface area contributed by atoms with Crippen LogP contribution >= 0.6 is 0 Å². The summed E-state index contributed by atoms with van der Waals surface area (Å²) in [4.78, 5) is 2.00. The summed E-state index contributed by atoms with van der Waals surface area (Å²) in [6, 6.07) is 6.14. The zero-order chi connectivity index (χ0) is 12.8. The molecule has 1 rings (SSSR count). The molecule has 0 aliphatic carbocycles. The molecule has 0 unspecified atom stereocenters. The molecule has 0 radical (unpaired) electrons. The lowest BCUT2D eigenvalue weighted by atomic mass is 10.1. The first-order valence-electron chi connectivity index (χ1n) is 6.00. The minimum atomic E-state index is 0.526. The highest BCUT2D eigenvalue weighted by atomic mass is 15.4. The number of nitrogens with zero attached hydrogens (tertiary/aromatic N) is 2. The van der Waals surface area contributed by atoms with Crippen molar-refractivity contribution < 1.29 is 0 Å². The molecule has 3 N–H and O–H groups in total. The number of hydrazone groups is 1. The van der Waals surface area contributed by atoms with Crippen LogP contribution in [0.1, 0.15) is 25.0 Å². The van der Waals surface area contributed by atoms with E-state index in [0.29, 0.717) is 5.96 Å². The van der Waals surface area contributed by atoms with Crippen LogP contribution in [0.3, 0.4) is 0 Å². The Kier molecular flexibility index (Phi) is 4.82. The van der Waals surface area contributed by atoms with E-state index in [0.717, 1.165) is 18.8 Å². The fourth-order valence-electron chi connectivity index (χ4n) is 1.72. The number of rotatable bonds is 4. The molecule has 1 aromatic carbocycles. The van der Waals surface area contributed by atoms with Crippen LogP contribution in [0.2, 0.25) is 0 Å². The van der Waals surface area contributed by atoms with Gasteiger partial charge in [-0.1, -0.05) is 18.2 Å². The van der Waals surface area contributed by atoms with Gasteiger partial charge in [-0.25, -0.2) is 0 Å². The predicted molar refractivity (Wildman–Crippen MR) is 74.1 cm³/mol. The number of nitrogens with two attached hydrogens (primary N) is 1. The van der Waals surface area contributed by atoms with Crippen LogP contribution in [0.25, 0.3) is 0 Å². The summed E-state index contributed by atoms with van der Waals surface area (Å²) in [6.07, 6.45) is 0. The number of nitrogens with one attached hydrogen (secondary N) is 1. The molecule has 4 nitrogen and oxygen atoms in total. The van der Waals surface area contributed by atoms with Gasteiger partial charge in [0.25, 0.3) is 0 Å². The lowest BCUT2D eigenvalue weighted by Crippen LogP contribution is -2.37. The van der Waals surface area contributed by atoms with E-state index < -0.39 is 0 Å². The lowest BCUT2D eigenvalue weighted by Gasteiger charge is -2.19. The molecule has 0 atom stereocenters. The van der Waals surface area contributed by atoms with Crippen LogP contribution in [0.15, 0.2) is 23.3 Å². The maximum absolute atomic E-state index is 5.90. The summed E-state index contributed by atoms with van der Waals surface area (Å²) in [5.41, 5.74) is 12.3. The number of anilines is 1. The second-order valence-electron chi connectivity index (χ2n) is 4.02. The van der Waals surface area contributed by atoms with Gasteiger partial charge in [0, 0.05) is 13.1 Å². The van der Waals surface area contributed by atoms with Crippen molar-refractivity contribution in [2.45, 2.75) is 27.7 Å². The molecular weight excluding hydrogens is 212 g/mol. The summed E-state index contributed by atoms with van der Waals surface area (Å²) >= 11 is 0. The largest absolute Gasteiger partial charge is 0.368 e. The van der Waals surface area contributed by atoms with Gasteiger partial charge >= 0.3 is 0 Å². The van der Waals surface area contributed by atoms with Crippen molar-refractivity contribution in [1.82, 2.24) is 4.90 Å². The molecule has 0 amide bonds. The van der Waals surface area contributed by atoms with Gasteiger partial charge < -0.3 is 10.6 Å². The molecule has 0 aliphatic heterocycles. The van der Waals surface area contributed by atoms with E-state index in [-0.39, 0.29) is 0 Å². The van der Waals surface area contributed by atoms with Gasteiger partial charge in [-0.3, -0.25) is 5.43 Å². The van der Waals surface area contributed by atoms with E-state index in [1.165, 1.54) is 11.1 Å². The standard InChI is InChI=1S/C13H22N4/c1-5-17(6-2)13(14)16-15-12-10(3)8-7-9-11(12)4/h7-9,15H,5-6H2,1-4H3,(H2,14,16). The maximum atomic E-state index is 5.90. The first-order valence-corrected chi connectivity index (χ1v) is 6.00. The maximum Gasteiger partial charge on any atom is 0.214 e. The number of hydrogen-bond acceptors (Lipinski definition) is 2. The van der Waals surface area contributed by atoms with E-state index in [9.17, 15) is 0 Å². The summed E-state index contributed by atoms with van der Waals surface area (Å²) in [7, 11) is 0. The van der Waals surface area contributed by atoms with Gasteiger partial charge in [0.1, 0.15) is 0 Å². The monoisotopic (exact) mass is 234 g/mol. The molecule has 0 aliphatic rings. The van der Waals surface area contributed by atoms with Crippen molar-refractivity contribution in [3.63, 3.8) is 0 Å². The van der Waals surface area contributed by atoms with E-state index in [2.05, 4.69) is 50.4 Å². The Bertz CT molecular complexity index is 374. The smallest absolute Gasteiger partial charge is 0.214 e. The fourth-order valence-corrected chi connectivity index (χ4v) is 1.72. The van der Waals surface area contributed by atoms with E-state index in [1.54, 1.807) is 0 Å². The Hall–Kier alpha value is -1.71. The summed E-state index contributed by atoms with van der Waals surface area (Å²) < 4.78 is 0. The molecule has 0 bridgehead atoms. The highest BCUT2D eigenvalue weighted by Crippen LogP contribution is 2.19. The highest BCUT2D eigenvalue weighted by Gasteiger charge is 2.04. The van der Waals surface area contributed by atoms with Crippen molar-refractivity contribution in [2.24, 2.45) is 10.8 Å². The third kappa shape index (κ3) is 3.37. The minimum Gasteiger partial charge on any atom is -0.368 e. The molecule has 0 saturated carbocycles. The third-order valence-electron chi connectivity index (χ3n) is 2.85. The van der Waals surface area contributed by atoms with Crippen molar-refractivity contribution in [2.75, 3.05) is 18.5 Å². The van der Waals surface area contributed by atoms with Crippen molar-refractivity contribution >= 4 is 11.6 Å². The van der Waals surface area contributed by atoms with Gasteiger partial charge in [0.2, 0.25) is 5.96 Å². The summed E-state index contributed by atoms with van der Waals surface area (Å²) in [5, 5.41) is 4.23. The lowest BCUT2D eigenvalue weighted by molar-refractivity contribution is 0.459. The predicted octanol–water partition coefficient (Wildman–Crippen LogP) is 2.29. The summed E-state index contributed by atoms with van der Waals surface area (Å²) in [6.45, 7) is 9.95. The van der Waals surface area contributed by atoms with E-state index in [1.807, 2.05) is 11.0 Å². The molecule has 0 heterocycles. The SMILES string of the molecule is CCN(CC)/C(N)=N/Nc1c(C)cccc1C. The van der Waals surface area contributed by atoms with Gasteiger partial charge in [0.05, 0.1) is 5.69 Å². The second-order valence-corrected chi connectivity index (χ2v) is 4.02. The average molecular weight is 234 g/mol. The zero-order valence-electron chi connectivity index (χ0n) is 11.1. The number of hydrogen-bond donors (Lipinski definition) is 2. The average Bonchev–Trinajstić information content (AvgIpc) is 2.30. The van der Waals surface area contributed by atoms with E-state index >= 15 is 0 Å². The van der Waals surface area contributed by atoms with Crippen molar-refractivity contribution in [1.29, 1.82) is 0 Å². The van der Waals surface area contributed by atoms with Crippen LogP contribution in [-0.4, -0.2) is 23.9 Å². The number of guanidine groups is 1. The Morgan fingerprint density at radius 1 is 1.24 bits per heavy atom. The van der Waals surface area contributed by atoms with Crippen LogP contribution in [0, 0.1) is 13.8 Å². The van der Waals surface area contributed by atoms with E-state index in [4.69, 9.17) is 5.73 Å². The molecule has 1 aromatic rings. The number of benzene rings is 1. The van der Waals surface area contributed by atoms with Crippen LogP contribution in [0.5, 0.6) is 0 Å². The molecular formula is C13H22N4. The Morgan fingerprint density at radius 3 is 2.24 bits per heavy atom. The Labute approximate surface area is 104 Å². The van der Waals surface area contributed by atoms with Crippen LogP contribution < -0.4 is 11.2 Å². The number of para-hydroxylation sites is 1. The molecule has 17 heavy (non-hydrogen) atoms. The second kappa shape index (κ2) is 6.13. The minimum absolute atomic E-state index is 0.526. The Balaban J connectivity index is 2.82. The third-order valence-corrected chi connectivity index (χ3v) is 2.85. The molecule has 0 aromatic heterocycles. The van der Waals surface area contributed by atoms with Crippen LogP contribution in [0.4, 0.5) is 5.69 Å². The Morgan fingerprint density at radius 2 is 1.76 bits per heavy atom. The van der Waals surface area contributed by atoms with Gasteiger partial charge in [-0.15, -0.1) is 5.10 Å². The molecule has 0 spiro atoms. The van der Waals surface area contributed by atoms with Gasteiger partial charge in [-0.05, 0) is 38.8 Å². The normalized spacial score (nSPS) is 11.4. The fraction of sp³-hybridized carbons (Fsp3) is 0.462. The molecule has 0 saturated heterocycles. The quantitative estimate of drug-likeness (QED) is 0.477.